The molecule has 1 aromatic heterocycles. The van der Waals surface area contributed by atoms with Gasteiger partial charge < -0.3 is 10.6 Å². The van der Waals surface area contributed by atoms with Crippen molar-refractivity contribution < 1.29 is 4.79 Å². The van der Waals surface area contributed by atoms with Gasteiger partial charge in [-0.1, -0.05) is 48.9 Å². The van der Waals surface area contributed by atoms with Gasteiger partial charge in [-0.3, -0.25) is 4.79 Å². The zero-order chi connectivity index (χ0) is 18.4. The second kappa shape index (κ2) is 8.65. The molecule has 0 aliphatic carbocycles. The van der Waals surface area contributed by atoms with Crippen molar-refractivity contribution in [3.05, 3.63) is 65.7 Å². The molecule has 0 bridgehead atoms. The zero-order valence-corrected chi connectivity index (χ0v) is 15.3. The van der Waals surface area contributed by atoms with Crippen LogP contribution in [0, 0.1) is 0 Å². The lowest BCUT2D eigenvalue weighted by molar-refractivity contribution is -0.115. The number of hydrogen-bond acceptors (Lipinski definition) is 3. The minimum atomic E-state index is -0.104. The predicted octanol–water partition coefficient (Wildman–Crippen LogP) is 4.13. The molecule has 2 aromatic carbocycles. The lowest BCUT2D eigenvalue weighted by atomic mass is 10.2. The molecular weight excluding hydrogens is 348 g/mol. The van der Waals surface area contributed by atoms with Crippen LogP contribution in [0.1, 0.15) is 13.3 Å². The Morgan fingerprint density at radius 3 is 2.54 bits per heavy atom. The molecule has 26 heavy (non-hydrogen) atoms. The SMILES string of the molecule is CCCNCC(=O)Nc1cc(-c2ccccc2)nn1-c1ccc(Cl)cc1. The van der Waals surface area contributed by atoms with E-state index in [1.165, 1.54) is 0 Å². The molecule has 0 unspecified atom stereocenters. The maximum Gasteiger partial charge on any atom is 0.239 e. The van der Waals surface area contributed by atoms with Gasteiger partial charge in [0, 0.05) is 16.7 Å². The van der Waals surface area contributed by atoms with Crippen LogP contribution in [0.25, 0.3) is 16.9 Å². The number of amides is 1. The summed E-state index contributed by atoms with van der Waals surface area (Å²) in [4.78, 5) is 12.2. The van der Waals surface area contributed by atoms with Crippen LogP contribution in [-0.4, -0.2) is 28.8 Å². The Hall–Kier alpha value is -2.63. The number of hydrogen-bond donors (Lipinski definition) is 2. The summed E-state index contributed by atoms with van der Waals surface area (Å²) < 4.78 is 1.72. The van der Waals surface area contributed by atoms with E-state index >= 15 is 0 Å². The second-order valence-electron chi connectivity index (χ2n) is 5.89. The molecule has 1 amide bonds. The van der Waals surface area contributed by atoms with Gasteiger partial charge in [-0.25, -0.2) is 4.68 Å². The Kier molecular flexibility index (Phi) is 6.04. The first-order valence-corrected chi connectivity index (χ1v) is 8.97. The van der Waals surface area contributed by atoms with Crippen molar-refractivity contribution in [1.29, 1.82) is 0 Å². The highest BCUT2D eigenvalue weighted by Gasteiger charge is 2.13. The highest BCUT2D eigenvalue weighted by Crippen LogP contribution is 2.25. The molecule has 6 heteroatoms. The van der Waals surface area contributed by atoms with E-state index in [1.54, 1.807) is 16.8 Å². The number of rotatable bonds is 7. The van der Waals surface area contributed by atoms with E-state index in [9.17, 15) is 4.79 Å². The molecule has 5 nitrogen and oxygen atoms in total. The van der Waals surface area contributed by atoms with Crippen LogP contribution in [0.3, 0.4) is 0 Å². The van der Waals surface area contributed by atoms with E-state index in [1.807, 2.05) is 48.5 Å². The Morgan fingerprint density at radius 2 is 1.85 bits per heavy atom. The summed E-state index contributed by atoms with van der Waals surface area (Å²) in [5, 5.41) is 11.4. The molecule has 0 atom stereocenters. The molecule has 0 aliphatic heterocycles. The molecular formula is C20H21ClN4O. The number of benzene rings is 2. The Balaban J connectivity index is 1.91. The molecule has 0 radical (unpaired) electrons. The van der Waals surface area contributed by atoms with Crippen LogP contribution in [0.2, 0.25) is 5.02 Å². The van der Waals surface area contributed by atoms with Gasteiger partial charge in [0.15, 0.2) is 0 Å². The van der Waals surface area contributed by atoms with Gasteiger partial charge >= 0.3 is 0 Å². The normalized spacial score (nSPS) is 10.7. The summed E-state index contributed by atoms with van der Waals surface area (Å²) in [6.45, 7) is 3.13. The number of carbonyl (C=O) groups excluding carboxylic acids is 1. The Morgan fingerprint density at radius 1 is 1.12 bits per heavy atom. The Bertz CT molecular complexity index is 859. The average molecular weight is 369 g/mol. The van der Waals surface area contributed by atoms with Crippen LogP contribution in [0.5, 0.6) is 0 Å². The number of nitrogens with one attached hydrogen (secondary N) is 2. The topological polar surface area (TPSA) is 59.0 Å². The quantitative estimate of drug-likeness (QED) is 0.616. The van der Waals surface area contributed by atoms with Crippen molar-refractivity contribution in [3.8, 4) is 16.9 Å². The maximum absolute atomic E-state index is 12.2. The smallest absolute Gasteiger partial charge is 0.239 e. The fraction of sp³-hybridized carbons (Fsp3) is 0.200. The molecule has 3 aromatic rings. The van der Waals surface area contributed by atoms with Gasteiger partial charge in [-0.15, -0.1) is 0 Å². The number of aromatic nitrogens is 2. The van der Waals surface area contributed by atoms with Crippen LogP contribution >= 0.6 is 11.6 Å². The van der Waals surface area contributed by atoms with Crippen molar-refractivity contribution in [2.24, 2.45) is 0 Å². The molecule has 0 spiro atoms. The Labute approximate surface area is 158 Å². The summed E-state index contributed by atoms with van der Waals surface area (Å²) in [5.74, 6) is 0.516. The van der Waals surface area contributed by atoms with E-state index in [4.69, 9.17) is 11.6 Å². The van der Waals surface area contributed by atoms with Crippen LogP contribution in [-0.2, 0) is 4.79 Å². The van der Waals surface area contributed by atoms with E-state index in [-0.39, 0.29) is 12.5 Å². The molecule has 0 fully saturated rings. The number of carbonyl (C=O) groups is 1. The van der Waals surface area contributed by atoms with E-state index in [0.29, 0.717) is 10.8 Å². The summed E-state index contributed by atoms with van der Waals surface area (Å²) in [5.41, 5.74) is 2.60. The van der Waals surface area contributed by atoms with Gasteiger partial charge in [0.05, 0.1) is 17.9 Å². The molecule has 1 heterocycles. The fourth-order valence-electron chi connectivity index (χ4n) is 2.56. The predicted molar refractivity (Wildman–Crippen MR) is 106 cm³/mol. The molecule has 0 aliphatic rings. The van der Waals surface area contributed by atoms with E-state index in [0.717, 1.165) is 29.9 Å². The van der Waals surface area contributed by atoms with Crippen molar-refractivity contribution in [3.63, 3.8) is 0 Å². The molecule has 3 rings (SSSR count). The van der Waals surface area contributed by atoms with Crippen molar-refractivity contribution in [2.75, 3.05) is 18.4 Å². The van der Waals surface area contributed by atoms with Gasteiger partial charge in [-0.2, -0.15) is 5.10 Å². The van der Waals surface area contributed by atoms with Gasteiger partial charge in [-0.05, 0) is 37.2 Å². The summed E-state index contributed by atoms with van der Waals surface area (Å²) in [7, 11) is 0. The lowest BCUT2D eigenvalue weighted by Crippen LogP contribution is -2.29. The first-order valence-electron chi connectivity index (χ1n) is 8.59. The summed E-state index contributed by atoms with van der Waals surface area (Å²) in [6, 6.07) is 19.1. The highest BCUT2D eigenvalue weighted by molar-refractivity contribution is 6.30. The zero-order valence-electron chi connectivity index (χ0n) is 14.6. The largest absolute Gasteiger partial charge is 0.309 e. The summed E-state index contributed by atoms with van der Waals surface area (Å²) >= 11 is 5.99. The maximum atomic E-state index is 12.2. The fourth-order valence-corrected chi connectivity index (χ4v) is 2.69. The van der Waals surface area contributed by atoms with Crippen LogP contribution in [0.4, 0.5) is 5.82 Å². The molecule has 2 N–H and O–H groups in total. The third kappa shape index (κ3) is 4.50. The van der Waals surface area contributed by atoms with Gasteiger partial charge in [0.1, 0.15) is 5.82 Å². The van der Waals surface area contributed by atoms with Crippen molar-refractivity contribution in [2.45, 2.75) is 13.3 Å². The minimum Gasteiger partial charge on any atom is -0.309 e. The van der Waals surface area contributed by atoms with Crippen molar-refractivity contribution in [1.82, 2.24) is 15.1 Å². The monoisotopic (exact) mass is 368 g/mol. The number of anilines is 1. The molecule has 0 saturated heterocycles. The lowest BCUT2D eigenvalue weighted by Gasteiger charge is -2.09. The van der Waals surface area contributed by atoms with E-state index in [2.05, 4.69) is 22.7 Å². The molecule has 0 saturated carbocycles. The minimum absolute atomic E-state index is 0.104. The van der Waals surface area contributed by atoms with Crippen LogP contribution < -0.4 is 10.6 Å². The highest BCUT2D eigenvalue weighted by atomic mass is 35.5. The number of nitrogens with zero attached hydrogens (tertiary/aromatic N) is 2. The standard InChI is InChI=1S/C20H21ClN4O/c1-2-12-22-14-20(26)23-19-13-18(15-6-4-3-5-7-15)24-25(19)17-10-8-16(21)9-11-17/h3-11,13,22H,2,12,14H2,1H3,(H,23,26). The first kappa shape index (κ1) is 18.2. The molecule has 134 valence electrons. The van der Waals surface area contributed by atoms with E-state index < -0.39 is 0 Å². The third-order valence-corrected chi connectivity index (χ3v) is 4.08. The van der Waals surface area contributed by atoms with Gasteiger partial charge in [0.25, 0.3) is 0 Å². The van der Waals surface area contributed by atoms with Gasteiger partial charge in [0.2, 0.25) is 5.91 Å². The number of halogens is 1. The van der Waals surface area contributed by atoms with Crippen LogP contribution in [0.15, 0.2) is 60.7 Å². The third-order valence-electron chi connectivity index (χ3n) is 3.83. The summed E-state index contributed by atoms with van der Waals surface area (Å²) in [6.07, 6.45) is 0.980. The first-order chi connectivity index (χ1) is 12.7. The second-order valence-corrected chi connectivity index (χ2v) is 6.33. The van der Waals surface area contributed by atoms with Crippen molar-refractivity contribution >= 4 is 23.3 Å². The average Bonchev–Trinajstić information content (AvgIpc) is 3.07.